The summed E-state index contributed by atoms with van der Waals surface area (Å²) in [6, 6.07) is 0. The average molecular weight is 106 g/mol. The Balaban J connectivity index is -0.0000000200. The summed E-state index contributed by atoms with van der Waals surface area (Å²) >= 11 is 6.31. The van der Waals surface area contributed by atoms with E-state index in [0.717, 1.165) is 0 Å². The van der Waals surface area contributed by atoms with Gasteiger partial charge in [0.15, 0.2) is 0 Å². The Morgan fingerprint density at radius 2 is 1.50 bits per heavy atom. The van der Waals surface area contributed by atoms with Gasteiger partial charge in [0.25, 0.3) is 0 Å². The Morgan fingerprint density at radius 3 is 1.50 bits per heavy atom. The molecule has 1 nitrogen and oxygen atoms in total. The fourth-order valence-electron chi connectivity index (χ4n) is 0. The van der Waals surface area contributed by atoms with Gasteiger partial charge in [-0.25, -0.2) is 0 Å². The van der Waals surface area contributed by atoms with Crippen molar-refractivity contribution >= 4 is 25.8 Å². The molecule has 0 radical (unpaired) electrons. The third-order valence-electron chi connectivity index (χ3n) is 0. The predicted octanol–water partition coefficient (Wildman–Crippen LogP) is -2.19. The molecule has 4 heavy (non-hydrogen) atoms. The van der Waals surface area contributed by atoms with Crippen LogP contribution in [0.1, 0.15) is 1.43 Å². The molecule has 0 aliphatic carbocycles. The molecule has 0 aromatic heterocycles. The van der Waals surface area contributed by atoms with Crippen LogP contribution in [0.5, 0.6) is 0 Å². The summed E-state index contributed by atoms with van der Waals surface area (Å²) in [7, 11) is 0. The van der Waals surface area contributed by atoms with Crippen LogP contribution in [0.15, 0.2) is 0 Å². The summed E-state index contributed by atoms with van der Waals surface area (Å²) in [5.41, 5.74) is 0. The van der Waals surface area contributed by atoms with Crippen molar-refractivity contribution in [3.8, 4) is 0 Å². The molecule has 0 saturated carbocycles. The fourth-order valence-corrected chi connectivity index (χ4v) is 0. The van der Waals surface area contributed by atoms with Crippen LogP contribution in [0, 0.1) is 0 Å². The van der Waals surface area contributed by atoms with E-state index in [9.17, 15) is 0 Å². The second kappa shape index (κ2) is 8.82. The van der Waals surface area contributed by atoms with E-state index < -0.39 is 0 Å². The van der Waals surface area contributed by atoms with Gasteiger partial charge in [-0.1, -0.05) is 0 Å². The first-order chi connectivity index (χ1) is 1.41. The molecule has 0 aliphatic heterocycles. The fraction of sp³-hybridized carbons (Fsp3) is 0. The van der Waals surface area contributed by atoms with Crippen LogP contribution in [-0.2, 0) is 3.63 Å². The number of rotatable bonds is 0. The SMILES string of the molecule is SOS.[H-].[Na+]. The van der Waals surface area contributed by atoms with Gasteiger partial charge in [0.1, 0.15) is 0 Å². The Kier molecular flexibility index (Phi) is 20.2. The van der Waals surface area contributed by atoms with Crippen molar-refractivity contribution in [2.24, 2.45) is 0 Å². The van der Waals surface area contributed by atoms with Crippen LogP contribution >= 0.6 is 25.8 Å². The maximum atomic E-state index is 3.64. The van der Waals surface area contributed by atoms with Gasteiger partial charge in [0.05, 0.1) is 0 Å². The topological polar surface area (TPSA) is 9.23 Å². The molecular weight excluding hydrogens is 103 g/mol. The van der Waals surface area contributed by atoms with E-state index >= 15 is 0 Å². The van der Waals surface area contributed by atoms with E-state index in [0.29, 0.717) is 0 Å². The summed E-state index contributed by atoms with van der Waals surface area (Å²) < 4.78 is 3.64. The largest absolute Gasteiger partial charge is 1.00 e. The zero-order valence-electron chi connectivity index (χ0n) is 3.30. The first kappa shape index (κ1) is 9.18. The molecular formula is H3NaOS2. The van der Waals surface area contributed by atoms with Crippen LogP contribution in [-0.4, -0.2) is 0 Å². The first-order valence-corrected chi connectivity index (χ1v) is 1.10. The van der Waals surface area contributed by atoms with E-state index in [1.54, 1.807) is 0 Å². The van der Waals surface area contributed by atoms with E-state index in [1.165, 1.54) is 0 Å². The first-order valence-electron chi connectivity index (χ1n) is 0.365. The van der Waals surface area contributed by atoms with Gasteiger partial charge in [-0.15, -0.1) is 0 Å². The van der Waals surface area contributed by atoms with Crippen LogP contribution < -0.4 is 29.6 Å². The second-order valence-electron chi connectivity index (χ2n) is 0.0816. The second-order valence-corrected chi connectivity index (χ2v) is 0.735. The monoisotopic (exact) mass is 106 g/mol. The summed E-state index contributed by atoms with van der Waals surface area (Å²) in [5.74, 6) is 0. The summed E-state index contributed by atoms with van der Waals surface area (Å²) in [5, 5.41) is 0. The van der Waals surface area contributed by atoms with E-state index in [-0.39, 0.29) is 31.0 Å². The minimum Gasteiger partial charge on any atom is -1.00 e. The van der Waals surface area contributed by atoms with Crippen LogP contribution in [0.2, 0.25) is 0 Å². The molecule has 0 amide bonds. The van der Waals surface area contributed by atoms with E-state index in [2.05, 4.69) is 29.4 Å². The molecule has 0 spiro atoms. The van der Waals surface area contributed by atoms with Gasteiger partial charge in [0.2, 0.25) is 0 Å². The maximum Gasteiger partial charge on any atom is 1.00 e. The van der Waals surface area contributed by atoms with Gasteiger partial charge >= 0.3 is 29.6 Å². The quantitative estimate of drug-likeness (QED) is 0.203. The maximum absolute atomic E-state index is 3.64. The van der Waals surface area contributed by atoms with E-state index in [1.807, 2.05) is 0 Å². The molecule has 0 rings (SSSR count). The Hall–Kier alpha value is 1.66. The number of hydrogen-bond acceptors (Lipinski definition) is 3. The van der Waals surface area contributed by atoms with Gasteiger partial charge in [-0.05, 0) is 25.8 Å². The van der Waals surface area contributed by atoms with Crippen LogP contribution in [0.25, 0.3) is 0 Å². The zero-order chi connectivity index (χ0) is 2.71. The third kappa shape index (κ3) is 9.40. The molecule has 0 aromatic carbocycles. The number of hydrogen-bond donors (Lipinski definition) is 2. The van der Waals surface area contributed by atoms with Crippen molar-refractivity contribution < 1.29 is 34.6 Å². The average Bonchev–Trinajstić information content (AvgIpc) is 0.918. The molecule has 0 atom stereocenters. The standard InChI is InChI=1S/Na.H2OS2.H/c;2-1-3;/h;2-3H;/q+1;;-1. The molecule has 0 unspecified atom stereocenters. The molecule has 22 valence electrons. The predicted molar refractivity (Wildman–Crippen MR) is 20.2 cm³/mol. The van der Waals surface area contributed by atoms with Gasteiger partial charge in [0, 0.05) is 0 Å². The number of thiol groups is 2. The molecule has 0 saturated heterocycles. The third-order valence-corrected chi connectivity index (χ3v) is 0. The summed E-state index contributed by atoms with van der Waals surface area (Å²) in [4.78, 5) is 0. The minimum absolute atomic E-state index is 0. The van der Waals surface area contributed by atoms with Gasteiger partial charge < -0.3 is 1.43 Å². The van der Waals surface area contributed by atoms with Crippen LogP contribution in [0.4, 0.5) is 0 Å². The van der Waals surface area contributed by atoms with Crippen molar-refractivity contribution in [3.63, 3.8) is 0 Å². The van der Waals surface area contributed by atoms with Gasteiger partial charge in [-0.3, -0.25) is 3.63 Å². The van der Waals surface area contributed by atoms with E-state index in [4.69, 9.17) is 0 Å². The van der Waals surface area contributed by atoms with Crippen LogP contribution in [0.3, 0.4) is 0 Å². The summed E-state index contributed by atoms with van der Waals surface area (Å²) in [6.07, 6.45) is 0. The normalized spacial score (nSPS) is 4.50. The zero-order valence-corrected chi connectivity index (χ0v) is 6.09. The van der Waals surface area contributed by atoms with Crippen molar-refractivity contribution in [2.45, 2.75) is 0 Å². The Bertz CT molecular complexity index is 9.61. The molecule has 0 aromatic rings. The summed E-state index contributed by atoms with van der Waals surface area (Å²) in [6.45, 7) is 0. The minimum atomic E-state index is 0. The van der Waals surface area contributed by atoms with Crippen molar-refractivity contribution in [1.82, 2.24) is 0 Å². The Labute approximate surface area is 60.1 Å². The molecule has 0 N–H and O–H groups in total. The van der Waals surface area contributed by atoms with Crippen molar-refractivity contribution in [3.05, 3.63) is 0 Å². The molecule has 4 heteroatoms. The Morgan fingerprint density at radius 1 is 1.50 bits per heavy atom. The molecule has 0 fully saturated rings. The van der Waals surface area contributed by atoms with Crippen molar-refractivity contribution in [1.29, 1.82) is 0 Å². The molecule has 0 aliphatic rings. The van der Waals surface area contributed by atoms with Gasteiger partial charge in [-0.2, -0.15) is 0 Å². The smallest absolute Gasteiger partial charge is 1.00 e. The molecule has 0 heterocycles. The van der Waals surface area contributed by atoms with Crippen molar-refractivity contribution in [2.75, 3.05) is 0 Å². The molecule has 0 bridgehead atoms.